The summed E-state index contributed by atoms with van der Waals surface area (Å²) in [4.78, 5) is 21.6. The summed E-state index contributed by atoms with van der Waals surface area (Å²) in [5, 5.41) is 6.95. The zero-order valence-electron chi connectivity index (χ0n) is 16.9. The minimum atomic E-state index is -0.0952. The lowest BCUT2D eigenvalue weighted by Crippen LogP contribution is -2.29. The van der Waals surface area contributed by atoms with Crippen LogP contribution in [0.3, 0.4) is 0 Å². The van der Waals surface area contributed by atoms with Gasteiger partial charge in [-0.2, -0.15) is 0 Å². The number of amides is 1. The molecular formula is C22H22IN5OS. The second-order valence-electron chi connectivity index (χ2n) is 7.33. The standard InChI is InChI=1S/C22H22IN5OS/c1-12-18(19(23)13(2)25-12)21-20(17-6-4-5-11-24-17)27-22(30)28(21)16-9-7-15(8-10-16)26-14(3)29/h4-11,20-21,25H,1-3H3,(H,26,29)(H,27,30)/t20-,21+/m1/s1. The Morgan fingerprint density at radius 3 is 2.47 bits per heavy atom. The van der Waals surface area contributed by atoms with E-state index < -0.39 is 0 Å². The van der Waals surface area contributed by atoms with E-state index in [-0.39, 0.29) is 18.0 Å². The van der Waals surface area contributed by atoms with Gasteiger partial charge in [-0.3, -0.25) is 9.78 Å². The zero-order chi connectivity index (χ0) is 21.4. The monoisotopic (exact) mass is 531 g/mol. The third kappa shape index (κ3) is 3.81. The zero-order valence-corrected chi connectivity index (χ0v) is 19.8. The van der Waals surface area contributed by atoms with Gasteiger partial charge in [0.25, 0.3) is 0 Å². The molecule has 1 aromatic carbocycles. The SMILES string of the molecule is CC(=O)Nc1ccc(N2C(=S)N[C@H](c3ccccn3)[C@@H]2c2c(C)[nH]c(C)c2I)cc1. The molecule has 2 atom stereocenters. The molecule has 6 nitrogen and oxygen atoms in total. The van der Waals surface area contributed by atoms with Crippen LogP contribution in [-0.4, -0.2) is 21.0 Å². The number of nitrogens with zero attached hydrogens (tertiary/aromatic N) is 2. The van der Waals surface area contributed by atoms with E-state index in [4.69, 9.17) is 12.2 Å². The maximum absolute atomic E-state index is 11.4. The van der Waals surface area contributed by atoms with E-state index in [1.807, 2.05) is 48.7 Å². The summed E-state index contributed by atoms with van der Waals surface area (Å²) in [5.41, 5.74) is 6.12. The minimum absolute atomic E-state index is 0.0594. The van der Waals surface area contributed by atoms with Crippen LogP contribution in [-0.2, 0) is 4.79 Å². The number of hydrogen-bond donors (Lipinski definition) is 3. The number of pyridine rings is 1. The quantitative estimate of drug-likeness (QED) is 0.335. The number of nitrogens with one attached hydrogen (secondary N) is 3. The van der Waals surface area contributed by atoms with Gasteiger partial charge in [0.2, 0.25) is 5.91 Å². The maximum atomic E-state index is 11.4. The van der Waals surface area contributed by atoms with E-state index in [9.17, 15) is 4.79 Å². The fourth-order valence-corrected chi connectivity index (χ4v) is 5.16. The average molecular weight is 531 g/mol. The molecule has 3 aromatic rings. The second kappa shape index (κ2) is 8.35. The number of halogens is 1. The Labute approximate surface area is 194 Å². The van der Waals surface area contributed by atoms with Crippen LogP contribution in [0.15, 0.2) is 48.7 Å². The summed E-state index contributed by atoms with van der Waals surface area (Å²) < 4.78 is 1.20. The van der Waals surface area contributed by atoms with Crippen molar-refractivity contribution in [1.82, 2.24) is 15.3 Å². The van der Waals surface area contributed by atoms with Crippen LogP contribution in [0.1, 0.15) is 41.7 Å². The molecule has 8 heteroatoms. The molecule has 0 spiro atoms. The van der Waals surface area contributed by atoms with Gasteiger partial charge >= 0.3 is 0 Å². The number of anilines is 2. The van der Waals surface area contributed by atoms with Crippen LogP contribution in [0.25, 0.3) is 0 Å². The first kappa shape index (κ1) is 20.8. The fourth-order valence-electron chi connectivity index (χ4n) is 3.96. The average Bonchev–Trinajstić information content (AvgIpc) is 3.18. The molecule has 1 aliphatic rings. The van der Waals surface area contributed by atoms with E-state index in [2.05, 4.69) is 61.9 Å². The van der Waals surface area contributed by atoms with Gasteiger partial charge in [0.1, 0.15) is 0 Å². The number of aryl methyl sites for hydroxylation is 2. The van der Waals surface area contributed by atoms with E-state index in [0.717, 1.165) is 28.5 Å². The summed E-state index contributed by atoms with van der Waals surface area (Å²) in [6.45, 7) is 5.68. The molecule has 154 valence electrons. The molecule has 1 saturated heterocycles. The number of H-pyrrole nitrogens is 1. The normalized spacial score (nSPS) is 18.4. The first-order chi connectivity index (χ1) is 14.4. The van der Waals surface area contributed by atoms with E-state index in [1.165, 1.54) is 16.1 Å². The van der Waals surface area contributed by atoms with Crippen molar-refractivity contribution in [2.75, 3.05) is 10.2 Å². The number of aromatic amines is 1. The minimum Gasteiger partial charge on any atom is -0.362 e. The van der Waals surface area contributed by atoms with Gasteiger partial charge in [0, 0.05) is 45.0 Å². The van der Waals surface area contributed by atoms with Crippen molar-refractivity contribution in [1.29, 1.82) is 0 Å². The molecule has 1 fully saturated rings. The van der Waals surface area contributed by atoms with E-state index >= 15 is 0 Å². The van der Waals surface area contributed by atoms with Crippen molar-refractivity contribution in [2.45, 2.75) is 32.9 Å². The number of carbonyl (C=O) groups excluding carboxylic acids is 1. The van der Waals surface area contributed by atoms with E-state index in [1.54, 1.807) is 0 Å². The molecule has 3 heterocycles. The number of rotatable bonds is 4. The predicted octanol–water partition coefficient (Wildman–Crippen LogP) is 4.77. The molecule has 3 N–H and O–H groups in total. The second-order valence-corrected chi connectivity index (χ2v) is 8.79. The van der Waals surface area contributed by atoms with Crippen LogP contribution in [0.2, 0.25) is 0 Å². The Kier molecular flexibility index (Phi) is 5.79. The number of hydrogen-bond acceptors (Lipinski definition) is 3. The molecule has 0 aliphatic carbocycles. The van der Waals surface area contributed by atoms with Crippen LogP contribution in [0.5, 0.6) is 0 Å². The summed E-state index contributed by atoms with van der Waals surface area (Å²) in [6, 6.07) is 13.5. The number of benzene rings is 1. The Morgan fingerprint density at radius 1 is 1.17 bits per heavy atom. The van der Waals surface area contributed by atoms with Crippen LogP contribution < -0.4 is 15.5 Å². The Morgan fingerprint density at radius 2 is 1.90 bits per heavy atom. The molecule has 30 heavy (non-hydrogen) atoms. The van der Waals surface area contributed by atoms with Crippen molar-refractivity contribution >= 4 is 57.2 Å². The Balaban J connectivity index is 1.81. The lowest BCUT2D eigenvalue weighted by molar-refractivity contribution is -0.114. The van der Waals surface area contributed by atoms with Gasteiger partial charge in [-0.1, -0.05) is 6.07 Å². The summed E-state index contributed by atoms with van der Waals surface area (Å²) >= 11 is 8.18. The van der Waals surface area contributed by atoms with Crippen LogP contribution >= 0.6 is 34.8 Å². The molecular weight excluding hydrogens is 509 g/mol. The number of carbonyl (C=O) groups is 1. The van der Waals surface area contributed by atoms with Crippen molar-refractivity contribution in [3.63, 3.8) is 0 Å². The van der Waals surface area contributed by atoms with Gasteiger partial charge in [-0.05, 0) is 85.1 Å². The van der Waals surface area contributed by atoms with Crippen molar-refractivity contribution in [2.24, 2.45) is 0 Å². The van der Waals surface area contributed by atoms with Crippen LogP contribution in [0.4, 0.5) is 11.4 Å². The summed E-state index contributed by atoms with van der Waals surface area (Å²) in [7, 11) is 0. The third-order valence-electron chi connectivity index (χ3n) is 5.20. The summed E-state index contributed by atoms with van der Waals surface area (Å²) in [5.74, 6) is -0.0952. The molecule has 0 saturated carbocycles. The van der Waals surface area contributed by atoms with Gasteiger partial charge in [0.15, 0.2) is 5.11 Å². The number of aromatic nitrogens is 2. The van der Waals surface area contributed by atoms with Gasteiger partial charge in [0.05, 0.1) is 17.8 Å². The lowest BCUT2D eigenvalue weighted by atomic mass is 9.96. The summed E-state index contributed by atoms with van der Waals surface area (Å²) in [6.07, 6.45) is 1.81. The van der Waals surface area contributed by atoms with Gasteiger partial charge in [-0.15, -0.1) is 0 Å². The van der Waals surface area contributed by atoms with Crippen molar-refractivity contribution in [3.8, 4) is 0 Å². The fraction of sp³-hybridized carbons (Fsp3) is 0.227. The molecule has 0 radical (unpaired) electrons. The van der Waals surface area contributed by atoms with E-state index in [0.29, 0.717) is 5.11 Å². The highest BCUT2D eigenvalue weighted by molar-refractivity contribution is 14.1. The Bertz CT molecular complexity index is 1100. The largest absolute Gasteiger partial charge is 0.362 e. The molecule has 0 bridgehead atoms. The Hall–Kier alpha value is -2.46. The molecule has 1 amide bonds. The first-order valence-electron chi connectivity index (χ1n) is 9.59. The highest BCUT2D eigenvalue weighted by atomic mass is 127. The molecule has 4 rings (SSSR count). The van der Waals surface area contributed by atoms with Gasteiger partial charge < -0.3 is 20.5 Å². The molecule has 1 aliphatic heterocycles. The lowest BCUT2D eigenvalue weighted by Gasteiger charge is -2.28. The molecule has 2 aromatic heterocycles. The number of thiocarbonyl (C=S) groups is 1. The smallest absolute Gasteiger partial charge is 0.221 e. The topological polar surface area (TPSA) is 73.1 Å². The highest BCUT2D eigenvalue weighted by Crippen LogP contribution is 2.44. The first-order valence-corrected chi connectivity index (χ1v) is 11.1. The van der Waals surface area contributed by atoms with Crippen molar-refractivity contribution < 1.29 is 4.79 Å². The highest BCUT2D eigenvalue weighted by Gasteiger charge is 2.42. The van der Waals surface area contributed by atoms with Crippen molar-refractivity contribution in [3.05, 3.63) is 74.9 Å². The van der Waals surface area contributed by atoms with Crippen LogP contribution in [0, 0.1) is 17.4 Å². The third-order valence-corrected chi connectivity index (χ3v) is 6.91. The van der Waals surface area contributed by atoms with Gasteiger partial charge in [-0.25, -0.2) is 0 Å². The predicted molar refractivity (Wildman–Crippen MR) is 132 cm³/mol. The molecule has 0 unspecified atom stereocenters. The maximum Gasteiger partial charge on any atom is 0.221 e.